The maximum absolute atomic E-state index is 13.2. The molecule has 1 aromatic carbocycles. The van der Waals surface area contributed by atoms with E-state index in [0.29, 0.717) is 46.8 Å². The number of benzene rings is 1. The van der Waals surface area contributed by atoms with Gasteiger partial charge in [-0.3, -0.25) is 9.59 Å². The highest BCUT2D eigenvalue weighted by atomic mass is 16.5. The molecule has 0 bridgehead atoms. The Labute approximate surface area is 152 Å². The number of hydrogen-bond donors (Lipinski definition) is 0. The molecule has 1 aliphatic rings. The zero-order valence-electron chi connectivity index (χ0n) is 15.2. The van der Waals surface area contributed by atoms with Gasteiger partial charge in [-0.1, -0.05) is 25.2 Å². The summed E-state index contributed by atoms with van der Waals surface area (Å²) in [6.07, 6.45) is 6.99. The molecule has 2 aromatic rings. The van der Waals surface area contributed by atoms with Gasteiger partial charge in [-0.05, 0) is 30.5 Å². The SMILES string of the molecule is COC(=O)CCc1oc2ccc(OC)cc2c1C(=O)C1=CC=CC(C)C1. The Morgan fingerprint density at radius 1 is 1.27 bits per heavy atom. The molecule has 0 aliphatic heterocycles. The van der Waals surface area contributed by atoms with Crippen LogP contribution < -0.4 is 4.74 Å². The number of ether oxygens (including phenoxy) is 2. The molecular weight excluding hydrogens is 332 g/mol. The van der Waals surface area contributed by atoms with Crippen molar-refractivity contribution in [3.8, 4) is 5.75 Å². The third-order valence-electron chi connectivity index (χ3n) is 4.55. The van der Waals surface area contributed by atoms with Gasteiger partial charge in [0, 0.05) is 17.4 Å². The first kappa shape index (κ1) is 18.0. The highest BCUT2D eigenvalue weighted by Crippen LogP contribution is 2.33. The largest absolute Gasteiger partial charge is 0.497 e. The lowest BCUT2D eigenvalue weighted by Gasteiger charge is -2.13. The zero-order valence-corrected chi connectivity index (χ0v) is 15.2. The first-order chi connectivity index (χ1) is 12.5. The maximum atomic E-state index is 13.2. The standard InChI is InChI=1S/C21H22O5/c1-13-5-4-6-14(11-13)21(23)20-16-12-15(24-2)7-8-17(16)26-18(20)9-10-19(22)25-3/h4-8,12-13H,9-11H2,1-3H3. The van der Waals surface area contributed by atoms with Gasteiger partial charge in [0.05, 0.1) is 26.2 Å². The van der Waals surface area contributed by atoms with Crippen molar-refractivity contribution < 1.29 is 23.5 Å². The maximum Gasteiger partial charge on any atom is 0.305 e. The summed E-state index contributed by atoms with van der Waals surface area (Å²) in [5, 5.41) is 0.706. The van der Waals surface area contributed by atoms with Crippen LogP contribution in [0.15, 0.2) is 46.4 Å². The quantitative estimate of drug-likeness (QED) is 0.573. The van der Waals surface area contributed by atoms with Gasteiger partial charge in [0.1, 0.15) is 17.1 Å². The van der Waals surface area contributed by atoms with Crippen molar-refractivity contribution in [3.05, 3.63) is 53.3 Å². The van der Waals surface area contributed by atoms with Crippen LogP contribution in [0.5, 0.6) is 5.75 Å². The number of allylic oxidation sites excluding steroid dienone is 4. The summed E-state index contributed by atoms with van der Waals surface area (Å²) in [5.41, 5.74) is 1.86. The second kappa shape index (κ2) is 7.60. The molecule has 26 heavy (non-hydrogen) atoms. The highest BCUT2D eigenvalue weighted by molar-refractivity contribution is 6.17. The van der Waals surface area contributed by atoms with Crippen LogP contribution >= 0.6 is 0 Å². The fourth-order valence-electron chi connectivity index (χ4n) is 3.17. The molecular formula is C21H22O5. The van der Waals surface area contributed by atoms with Crippen LogP contribution in [0.1, 0.15) is 35.9 Å². The van der Waals surface area contributed by atoms with E-state index in [2.05, 4.69) is 13.0 Å². The van der Waals surface area contributed by atoms with E-state index in [4.69, 9.17) is 13.9 Å². The first-order valence-corrected chi connectivity index (χ1v) is 8.61. The molecule has 5 nitrogen and oxygen atoms in total. The number of esters is 1. The van der Waals surface area contributed by atoms with Crippen LogP contribution in [0.3, 0.4) is 0 Å². The van der Waals surface area contributed by atoms with Gasteiger partial charge in [0.15, 0.2) is 5.78 Å². The minimum atomic E-state index is -0.338. The van der Waals surface area contributed by atoms with Crippen LogP contribution in [0, 0.1) is 5.92 Å². The van der Waals surface area contributed by atoms with Crippen molar-refractivity contribution >= 4 is 22.7 Å². The highest BCUT2D eigenvalue weighted by Gasteiger charge is 2.25. The smallest absolute Gasteiger partial charge is 0.305 e. The minimum absolute atomic E-state index is 0.0620. The number of ketones is 1. The molecule has 0 N–H and O–H groups in total. The molecule has 1 heterocycles. The van der Waals surface area contributed by atoms with E-state index in [1.807, 2.05) is 12.2 Å². The van der Waals surface area contributed by atoms with Gasteiger partial charge in [-0.2, -0.15) is 0 Å². The summed E-state index contributed by atoms with van der Waals surface area (Å²) in [4.78, 5) is 24.8. The van der Waals surface area contributed by atoms with Crippen LogP contribution in [0.4, 0.5) is 0 Å². The third kappa shape index (κ3) is 3.57. The molecule has 5 heteroatoms. The monoisotopic (exact) mass is 354 g/mol. The lowest BCUT2D eigenvalue weighted by atomic mass is 9.89. The molecule has 1 aromatic heterocycles. The third-order valence-corrected chi connectivity index (χ3v) is 4.55. The molecule has 1 atom stereocenters. The van der Waals surface area contributed by atoms with Gasteiger partial charge >= 0.3 is 5.97 Å². The predicted octanol–water partition coefficient (Wildman–Crippen LogP) is 4.25. The Bertz CT molecular complexity index is 901. The fourth-order valence-corrected chi connectivity index (χ4v) is 3.17. The van der Waals surface area contributed by atoms with Crippen molar-refractivity contribution in [2.24, 2.45) is 5.92 Å². The molecule has 1 aliphatic carbocycles. The van der Waals surface area contributed by atoms with E-state index in [1.165, 1.54) is 7.11 Å². The molecule has 0 radical (unpaired) electrons. The number of methoxy groups -OCH3 is 2. The normalized spacial score (nSPS) is 16.4. The summed E-state index contributed by atoms with van der Waals surface area (Å²) >= 11 is 0. The van der Waals surface area contributed by atoms with Gasteiger partial charge in [0.2, 0.25) is 0 Å². The summed E-state index contributed by atoms with van der Waals surface area (Å²) in [5.74, 6) is 1.07. The Balaban J connectivity index is 2.06. The second-order valence-corrected chi connectivity index (χ2v) is 6.43. The lowest BCUT2D eigenvalue weighted by Crippen LogP contribution is -2.11. The van der Waals surface area contributed by atoms with Crippen molar-refractivity contribution in [1.82, 2.24) is 0 Å². The van der Waals surface area contributed by atoms with Crippen molar-refractivity contribution in [2.75, 3.05) is 14.2 Å². The molecule has 0 spiro atoms. The number of carbonyl (C=O) groups excluding carboxylic acids is 2. The Hall–Kier alpha value is -2.82. The van der Waals surface area contributed by atoms with E-state index >= 15 is 0 Å². The Kier molecular flexibility index (Phi) is 5.26. The van der Waals surface area contributed by atoms with Crippen LogP contribution in [-0.2, 0) is 16.0 Å². The average Bonchev–Trinajstić information content (AvgIpc) is 3.02. The fraction of sp³-hybridized carbons (Fsp3) is 0.333. The lowest BCUT2D eigenvalue weighted by molar-refractivity contribution is -0.140. The van der Waals surface area contributed by atoms with Gasteiger partial charge in [-0.15, -0.1) is 0 Å². The first-order valence-electron chi connectivity index (χ1n) is 8.61. The second-order valence-electron chi connectivity index (χ2n) is 6.43. The number of rotatable bonds is 6. The number of hydrogen-bond acceptors (Lipinski definition) is 5. The van der Waals surface area contributed by atoms with E-state index in [-0.39, 0.29) is 18.2 Å². The summed E-state index contributed by atoms with van der Waals surface area (Å²) < 4.78 is 15.9. The van der Waals surface area contributed by atoms with Crippen LogP contribution in [0.25, 0.3) is 11.0 Å². The van der Waals surface area contributed by atoms with Crippen molar-refractivity contribution in [2.45, 2.75) is 26.2 Å². The Morgan fingerprint density at radius 2 is 2.08 bits per heavy atom. The van der Waals surface area contributed by atoms with Crippen molar-refractivity contribution in [3.63, 3.8) is 0 Å². The van der Waals surface area contributed by atoms with Gasteiger partial charge in [0.25, 0.3) is 0 Å². The zero-order chi connectivity index (χ0) is 18.7. The van der Waals surface area contributed by atoms with Crippen LogP contribution in [-0.4, -0.2) is 26.0 Å². The minimum Gasteiger partial charge on any atom is -0.497 e. The summed E-state index contributed by atoms with van der Waals surface area (Å²) in [7, 11) is 2.93. The van der Waals surface area contributed by atoms with E-state index in [1.54, 1.807) is 25.3 Å². The van der Waals surface area contributed by atoms with E-state index < -0.39 is 0 Å². The number of furan rings is 1. The summed E-state index contributed by atoms with van der Waals surface area (Å²) in [6.45, 7) is 2.07. The van der Waals surface area contributed by atoms with Gasteiger partial charge in [-0.25, -0.2) is 0 Å². The number of carbonyl (C=O) groups is 2. The summed E-state index contributed by atoms with van der Waals surface area (Å²) in [6, 6.07) is 5.37. The van der Waals surface area contributed by atoms with Crippen LogP contribution in [0.2, 0.25) is 0 Å². The Morgan fingerprint density at radius 3 is 2.77 bits per heavy atom. The van der Waals surface area contributed by atoms with E-state index in [9.17, 15) is 9.59 Å². The predicted molar refractivity (Wildman–Crippen MR) is 98.4 cm³/mol. The van der Waals surface area contributed by atoms with E-state index in [0.717, 1.165) is 5.57 Å². The van der Waals surface area contributed by atoms with Crippen molar-refractivity contribution in [1.29, 1.82) is 0 Å². The molecule has 1 unspecified atom stereocenters. The number of aryl methyl sites for hydroxylation is 1. The molecule has 136 valence electrons. The van der Waals surface area contributed by atoms with Gasteiger partial charge < -0.3 is 13.9 Å². The molecule has 0 saturated heterocycles. The average molecular weight is 354 g/mol. The molecule has 0 fully saturated rings. The number of Topliss-reactive ketones (excluding diaryl/α,β-unsaturated/α-hetero) is 1. The number of fused-ring (bicyclic) bond motifs is 1. The molecule has 0 saturated carbocycles. The molecule has 0 amide bonds. The topological polar surface area (TPSA) is 65.7 Å². The molecule has 3 rings (SSSR count).